The van der Waals surface area contributed by atoms with Crippen molar-refractivity contribution in [3.05, 3.63) is 29.3 Å². The van der Waals surface area contributed by atoms with Gasteiger partial charge in [-0.25, -0.2) is 0 Å². The number of benzene rings is 1. The van der Waals surface area contributed by atoms with Crippen LogP contribution in [0, 0.1) is 5.41 Å². The van der Waals surface area contributed by atoms with Gasteiger partial charge in [0.1, 0.15) is 5.75 Å². The van der Waals surface area contributed by atoms with E-state index in [0.29, 0.717) is 0 Å². The second-order valence-electron chi connectivity index (χ2n) is 5.50. The Bertz CT molecular complexity index is 442. The van der Waals surface area contributed by atoms with Gasteiger partial charge in [0.15, 0.2) is 0 Å². The summed E-state index contributed by atoms with van der Waals surface area (Å²) in [5.74, 6) is 0.923. The molecular formula is C15H21NO2. The summed E-state index contributed by atoms with van der Waals surface area (Å²) in [5.41, 5.74) is 8.79. The van der Waals surface area contributed by atoms with Gasteiger partial charge in [-0.2, -0.15) is 0 Å². The van der Waals surface area contributed by atoms with E-state index in [9.17, 15) is 0 Å². The highest BCUT2D eigenvalue weighted by atomic mass is 16.5. The summed E-state index contributed by atoms with van der Waals surface area (Å²) in [4.78, 5) is 0. The normalized spacial score (nSPS) is 29.8. The van der Waals surface area contributed by atoms with Crippen LogP contribution >= 0.6 is 0 Å². The van der Waals surface area contributed by atoms with E-state index in [0.717, 1.165) is 38.2 Å². The lowest BCUT2D eigenvalue weighted by molar-refractivity contribution is -0.0792. The summed E-state index contributed by atoms with van der Waals surface area (Å²) in [6.07, 6.45) is 4.76. The van der Waals surface area contributed by atoms with Crippen molar-refractivity contribution in [3.8, 4) is 5.75 Å². The van der Waals surface area contributed by atoms with E-state index in [1.54, 1.807) is 7.11 Å². The van der Waals surface area contributed by atoms with Crippen molar-refractivity contribution < 1.29 is 9.47 Å². The summed E-state index contributed by atoms with van der Waals surface area (Å²) >= 11 is 0. The van der Waals surface area contributed by atoms with Gasteiger partial charge in [-0.1, -0.05) is 6.07 Å². The van der Waals surface area contributed by atoms with Crippen molar-refractivity contribution in [2.45, 2.75) is 31.8 Å². The molecule has 2 aliphatic rings. The number of fused-ring (bicyclic) bond motifs is 3. The van der Waals surface area contributed by atoms with Gasteiger partial charge in [0.25, 0.3) is 0 Å². The highest BCUT2D eigenvalue weighted by Gasteiger charge is 2.47. The third-order valence-corrected chi connectivity index (χ3v) is 4.48. The first-order valence-electron chi connectivity index (χ1n) is 6.77. The van der Waals surface area contributed by atoms with Crippen LogP contribution in [0.3, 0.4) is 0 Å². The second-order valence-corrected chi connectivity index (χ2v) is 5.50. The Morgan fingerprint density at radius 2 is 2.39 bits per heavy atom. The van der Waals surface area contributed by atoms with Gasteiger partial charge in [0.2, 0.25) is 0 Å². The van der Waals surface area contributed by atoms with Crippen molar-refractivity contribution >= 4 is 0 Å². The van der Waals surface area contributed by atoms with Crippen LogP contribution in [-0.2, 0) is 11.2 Å². The molecule has 1 aliphatic carbocycles. The second kappa shape index (κ2) is 4.56. The molecule has 98 valence electrons. The van der Waals surface area contributed by atoms with E-state index in [2.05, 4.69) is 12.1 Å². The molecule has 2 unspecified atom stereocenters. The Kier molecular flexibility index (Phi) is 3.04. The maximum atomic E-state index is 6.07. The molecule has 1 fully saturated rings. The molecule has 1 aromatic rings. The van der Waals surface area contributed by atoms with Crippen LogP contribution in [0.2, 0.25) is 0 Å². The molecule has 18 heavy (non-hydrogen) atoms. The first-order valence-corrected chi connectivity index (χ1v) is 6.77. The number of rotatable bonds is 3. The summed E-state index contributed by atoms with van der Waals surface area (Å²) < 4.78 is 11.4. The van der Waals surface area contributed by atoms with Crippen LogP contribution in [0.5, 0.6) is 5.75 Å². The molecule has 3 nitrogen and oxygen atoms in total. The highest BCUT2D eigenvalue weighted by Crippen LogP contribution is 2.55. The van der Waals surface area contributed by atoms with Gasteiger partial charge in [0.05, 0.1) is 13.2 Å². The van der Waals surface area contributed by atoms with Crippen molar-refractivity contribution in [2.24, 2.45) is 11.1 Å². The highest BCUT2D eigenvalue weighted by molar-refractivity contribution is 5.43. The van der Waals surface area contributed by atoms with E-state index in [1.807, 2.05) is 6.07 Å². The van der Waals surface area contributed by atoms with Crippen LogP contribution in [0.1, 0.15) is 36.5 Å². The van der Waals surface area contributed by atoms with Crippen LogP contribution in [0.15, 0.2) is 18.2 Å². The summed E-state index contributed by atoms with van der Waals surface area (Å²) in [5, 5.41) is 0. The summed E-state index contributed by atoms with van der Waals surface area (Å²) in [7, 11) is 1.71. The standard InChI is InChI=1S/C15H21NO2/c1-17-12-4-3-11-10-15(6-7-16)5-2-8-18-14(15)13(11)9-12/h3-4,9,14H,2,5-8,10,16H2,1H3. The van der Waals surface area contributed by atoms with E-state index >= 15 is 0 Å². The van der Waals surface area contributed by atoms with Crippen LogP contribution in [0.4, 0.5) is 0 Å². The Labute approximate surface area is 108 Å². The molecule has 1 heterocycles. The zero-order chi connectivity index (χ0) is 12.6. The zero-order valence-electron chi connectivity index (χ0n) is 10.9. The number of ether oxygens (including phenoxy) is 2. The number of hydrogen-bond acceptors (Lipinski definition) is 3. The molecule has 0 aromatic heterocycles. The molecule has 0 saturated carbocycles. The van der Waals surface area contributed by atoms with Gasteiger partial charge < -0.3 is 15.2 Å². The Morgan fingerprint density at radius 1 is 1.50 bits per heavy atom. The average Bonchev–Trinajstić information content (AvgIpc) is 2.72. The summed E-state index contributed by atoms with van der Waals surface area (Å²) in [6, 6.07) is 6.38. The lowest BCUT2D eigenvalue weighted by atomic mass is 9.74. The Hall–Kier alpha value is -1.06. The zero-order valence-corrected chi connectivity index (χ0v) is 10.9. The molecule has 0 radical (unpaired) electrons. The third-order valence-electron chi connectivity index (χ3n) is 4.48. The minimum atomic E-state index is 0.222. The quantitative estimate of drug-likeness (QED) is 0.892. The minimum absolute atomic E-state index is 0.222. The number of nitrogens with two attached hydrogens (primary N) is 1. The smallest absolute Gasteiger partial charge is 0.119 e. The molecular weight excluding hydrogens is 226 g/mol. The van der Waals surface area contributed by atoms with Gasteiger partial charge in [-0.15, -0.1) is 0 Å². The van der Waals surface area contributed by atoms with Gasteiger partial charge >= 0.3 is 0 Å². The largest absolute Gasteiger partial charge is 0.497 e. The predicted molar refractivity (Wildman–Crippen MR) is 70.7 cm³/mol. The topological polar surface area (TPSA) is 44.5 Å². The van der Waals surface area contributed by atoms with Crippen molar-refractivity contribution in [1.82, 2.24) is 0 Å². The van der Waals surface area contributed by atoms with Gasteiger partial charge in [-0.05, 0) is 55.5 Å². The number of hydrogen-bond donors (Lipinski definition) is 1. The first kappa shape index (κ1) is 12.0. The maximum Gasteiger partial charge on any atom is 0.119 e. The predicted octanol–water partition coefficient (Wildman–Crippen LogP) is 2.44. The van der Waals surface area contributed by atoms with E-state index < -0.39 is 0 Å². The lowest BCUT2D eigenvalue weighted by Crippen LogP contribution is -2.34. The molecule has 2 atom stereocenters. The van der Waals surface area contributed by atoms with Crippen LogP contribution < -0.4 is 10.5 Å². The lowest BCUT2D eigenvalue weighted by Gasteiger charge is -2.39. The van der Waals surface area contributed by atoms with Crippen LogP contribution in [0.25, 0.3) is 0 Å². The van der Waals surface area contributed by atoms with Gasteiger partial charge in [-0.3, -0.25) is 0 Å². The van der Waals surface area contributed by atoms with Crippen molar-refractivity contribution in [1.29, 1.82) is 0 Å². The fourth-order valence-electron chi connectivity index (χ4n) is 3.65. The van der Waals surface area contributed by atoms with Crippen molar-refractivity contribution in [3.63, 3.8) is 0 Å². The fourth-order valence-corrected chi connectivity index (χ4v) is 3.65. The molecule has 0 spiro atoms. The van der Waals surface area contributed by atoms with Crippen LogP contribution in [-0.4, -0.2) is 20.3 Å². The fraction of sp³-hybridized carbons (Fsp3) is 0.600. The third kappa shape index (κ3) is 1.73. The number of methoxy groups -OCH3 is 1. The molecule has 3 rings (SSSR count). The average molecular weight is 247 g/mol. The maximum absolute atomic E-state index is 6.07. The Morgan fingerprint density at radius 3 is 3.17 bits per heavy atom. The Balaban J connectivity index is 2.00. The first-order chi connectivity index (χ1) is 8.79. The van der Waals surface area contributed by atoms with E-state index in [-0.39, 0.29) is 11.5 Å². The SMILES string of the molecule is COc1ccc2c(c1)C1OCCCC1(CCN)C2. The van der Waals surface area contributed by atoms with E-state index in [1.165, 1.54) is 17.5 Å². The van der Waals surface area contributed by atoms with E-state index in [4.69, 9.17) is 15.2 Å². The molecule has 3 heteroatoms. The van der Waals surface area contributed by atoms with Gasteiger partial charge in [0, 0.05) is 12.0 Å². The summed E-state index contributed by atoms with van der Waals surface area (Å²) in [6.45, 7) is 1.61. The molecule has 0 amide bonds. The molecule has 0 bridgehead atoms. The molecule has 1 aliphatic heterocycles. The molecule has 2 N–H and O–H groups in total. The monoisotopic (exact) mass is 247 g/mol. The van der Waals surface area contributed by atoms with Crippen molar-refractivity contribution in [2.75, 3.05) is 20.3 Å². The molecule has 1 saturated heterocycles. The molecule has 1 aromatic carbocycles. The minimum Gasteiger partial charge on any atom is -0.497 e.